The van der Waals surface area contributed by atoms with E-state index in [1.807, 2.05) is 13.8 Å². The first-order valence-electron chi connectivity index (χ1n) is 5.58. The highest BCUT2D eigenvalue weighted by molar-refractivity contribution is 6.32. The van der Waals surface area contributed by atoms with E-state index in [2.05, 4.69) is 5.32 Å². The van der Waals surface area contributed by atoms with Crippen LogP contribution in [-0.2, 0) is 0 Å². The average Bonchev–Trinajstić information content (AvgIpc) is 2.70. The lowest BCUT2D eigenvalue weighted by Crippen LogP contribution is -2.34. The molecule has 0 bridgehead atoms. The van der Waals surface area contributed by atoms with Crippen molar-refractivity contribution >= 4 is 17.5 Å². The molecule has 1 heterocycles. The van der Waals surface area contributed by atoms with Crippen LogP contribution in [0.5, 0.6) is 0 Å². The van der Waals surface area contributed by atoms with Gasteiger partial charge in [0, 0.05) is 13.2 Å². The molecule has 0 saturated carbocycles. The highest BCUT2D eigenvalue weighted by Gasteiger charge is 2.20. The predicted octanol–water partition coefficient (Wildman–Crippen LogP) is 2.46. The summed E-state index contributed by atoms with van der Waals surface area (Å²) < 4.78 is 4.85. The Morgan fingerprint density at radius 2 is 2.29 bits per heavy atom. The van der Waals surface area contributed by atoms with Gasteiger partial charge in [-0.3, -0.25) is 4.79 Å². The molecule has 0 aromatic carbocycles. The molecule has 96 valence electrons. The second kappa shape index (κ2) is 6.07. The molecule has 0 spiro atoms. The zero-order valence-electron chi connectivity index (χ0n) is 10.1. The van der Waals surface area contributed by atoms with Crippen LogP contribution in [0.1, 0.15) is 37.0 Å². The monoisotopic (exact) mass is 259 g/mol. The number of furan rings is 1. The molecule has 1 amide bonds. The van der Waals surface area contributed by atoms with Gasteiger partial charge in [-0.25, -0.2) is 0 Å². The molecule has 2 N–H and O–H groups in total. The number of aliphatic hydroxyl groups excluding tert-OH is 1. The van der Waals surface area contributed by atoms with Crippen molar-refractivity contribution in [3.63, 3.8) is 0 Å². The number of halogens is 1. The Kier molecular flexibility index (Phi) is 5.02. The summed E-state index contributed by atoms with van der Waals surface area (Å²) in [7, 11) is 0. The number of rotatable bonds is 6. The van der Waals surface area contributed by atoms with Crippen LogP contribution in [0.25, 0.3) is 0 Å². The van der Waals surface area contributed by atoms with Crippen molar-refractivity contribution in [1.82, 2.24) is 5.32 Å². The first-order chi connectivity index (χ1) is 7.96. The van der Waals surface area contributed by atoms with Gasteiger partial charge in [-0.2, -0.15) is 0 Å². The Balaban J connectivity index is 2.45. The van der Waals surface area contributed by atoms with E-state index in [0.717, 1.165) is 12.8 Å². The molecule has 0 atom stereocenters. The van der Waals surface area contributed by atoms with Gasteiger partial charge in [0.2, 0.25) is 5.22 Å². The number of carbonyl (C=O) groups is 1. The minimum absolute atomic E-state index is 0.0470. The van der Waals surface area contributed by atoms with E-state index >= 15 is 0 Å². The van der Waals surface area contributed by atoms with Crippen LogP contribution in [0.2, 0.25) is 5.22 Å². The van der Waals surface area contributed by atoms with Gasteiger partial charge in [-0.15, -0.1) is 0 Å². The number of aliphatic hydroxyl groups is 1. The van der Waals surface area contributed by atoms with E-state index in [0.29, 0.717) is 12.1 Å². The van der Waals surface area contributed by atoms with Crippen molar-refractivity contribution in [2.75, 3.05) is 13.2 Å². The highest BCUT2D eigenvalue weighted by atomic mass is 35.5. The number of carbonyl (C=O) groups excluding carboxylic acids is 1. The zero-order chi connectivity index (χ0) is 12.9. The minimum Gasteiger partial charge on any atom is -0.452 e. The quantitative estimate of drug-likeness (QED) is 0.825. The maximum atomic E-state index is 11.7. The molecular weight excluding hydrogens is 242 g/mol. The van der Waals surface area contributed by atoms with Gasteiger partial charge in [-0.05, 0) is 35.9 Å². The summed E-state index contributed by atoms with van der Waals surface area (Å²) in [6, 6.07) is 1.54. The first-order valence-corrected chi connectivity index (χ1v) is 5.96. The third kappa shape index (κ3) is 4.40. The number of amides is 1. The van der Waals surface area contributed by atoms with Crippen LogP contribution in [0.15, 0.2) is 16.7 Å². The van der Waals surface area contributed by atoms with Crippen molar-refractivity contribution in [3.8, 4) is 0 Å². The van der Waals surface area contributed by atoms with Gasteiger partial charge in [0.1, 0.15) is 0 Å². The Morgan fingerprint density at radius 1 is 1.59 bits per heavy atom. The van der Waals surface area contributed by atoms with E-state index < -0.39 is 0 Å². The van der Waals surface area contributed by atoms with Crippen LogP contribution in [-0.4, -0.2) is 24.2 Å². The molecule has 0 radical (unpaired) electrons. The maximum Gasteiger partial charge on any atom is 0.256 e. The number of hydrogen-bond acceptors (Lipinski definition) is 3. The minimum atomic E-state index is -0.235. The van der Waals surface area contributed by atoms with Gasteiger partial charge in [0.05, 0.1) is 11.8 Å². The predicted molar refractivity (Wildman–Crippen MR) is 66.2 cm³/mol. The van der Waals surface area contributed by atoms with E-state index in [4.69, 9.17) is 21.1 Å². The lowest BCUT2D eigenvalue weighted by molar-refractivity contribution is 0.0932. The third-order valence-electron chi connectivity index (χ3n) is 2.60. The molecule has 5 heteroatoms. The highest BCUT2D eigenvalue weighted by Crippen LogP contribution is 2.22. The molecule has 0 aliphatic heterocycles. The molecular formula is C12H18ClNO3. The smallest absolute Gasteiger partial charge is 0.256 e. The number of nitrogens with one attached hydrogen (secondary N) is 1. The molecule has 0 aliphatic rings. The van der Waals surface area contributed by atoms with Crippen LogP contribution in [0, 0.1) is 5.41 Å². The summed E-state index contributed by atoms with van der Waals surface area (Å²) in [5, 5.41) is 11.7. The fraction of sp³-hybridized carbons (Fsp3) is 0.583. The van der Waals surface area contributed by atoms with Crippen molar-refractivity contribution < 1.29 is 14.3 Å². The first kappa shape index (κ1) is 14.1. The number of hydrogen-bond donors (Lipinski definition) is 2. The lowest BCUT2D eigenvalue weighted by atomic mass is 9.88. The third-order valence-corrected chi connectivity index (χ3v) is 2.89. The molecule has 1 rings (SSSR count). The SMILES string of the molecule is CC(C)(CCCO)CNC(=O)c1ccoc1Cl. The van der Waals surface area contributed by atoms with Gasteiger partial charge >= 0.3 is 0 Å². The summed E-state index contributed by atoms with van der Waals surface area (Å²) in [6.07, 6.45) is 2.96. The van der Waals surface area contributed by atoms with Crippen LogP contribution < -0.4 is 5.32 Å². The van der Waals surface area contributed by atoms with Gasteiger partial charge in [0.15, 0.2) is 0 Å². The summed E-state index contributed by atoms with van der Waals surface area (Å²) in [5.74, 6) is -0.235. The molecule has 1 aromatic heterocycles. The fourth-order valence-corrected chi connectivity index (χ4v) is 1.72. The molecule has 0 unspecified atom stereocenters. The normalized spacial score (nSPS) is 11.5. The topological polar surface area (TPSA) is 62.5 Å². The van der Waals surface area contributed by atoms with Crippen molar-refractivity contribution in [2.24, 2.45) is 5.41 Å². The van der Waals surface area contributed by atoms with Crippen molar-refractivity contribution in [1.29, 1.82) is 0 Å². The zero-order valence-corrected chi connectivity index (χ0v) is 10.9. The second-order valence-corrected chi connectivity index (χ2v) is 5.13. The van der Waals surface area contributed by atoms with Gasteiger partial charge in [-0.1, -0.05) is 13.8 Å². The second-order valence-electron chi connectivity index (χ2n) is 4.78. The van der Waals surface area contributed by atoms with E-state index in [-0.39, 0.29) is 23.1 Å². The van der Waals surface area contributed by atoms with E-state index in [1.54, 1.807) is 6.07 Å². The molecule has 17 heavy (non-hydrogen) atoms. The molecule has 0 saturated heterocycles. The van der Waals surface area contributed by atoms with Crippen LogP contribution in [0.4, 0.5) is 0 Å². The van der Waals surface area contributed by atoms with Gasteiger partial charge < -0.3 is 14.8 Å². The standard InChI is InChI=1S/C12H18ClNO3/c1-12(2,5-3-6-15)8-14-11(16)9-4-7-17-10(9)13/h4,7,15H,3,5-6,8H2,1-2H3,(H,14,16). The van der Waals surface area contributed by atoms with E-state index in [1.165, 1.54) is 6.26 Å². The Labute approximate surface area is 106 Å². The molecule has 0 fully saturated rings. The largest absolute Gasteiger partial charge is 0.452 e. The average molecular weight is 260 g/mol. The Bertz CT molecular complexity index is 374. The van der Waals surface area contributed by atoms with Crippen molar-refractivity contribution in [2.45, 2.75) is 26.7 Å². The van der Waals surface area contributed by atoms with Crippen molar-refractivity contribution in [3.05, 3.63) is 23.1 Å². The van der Waals surface area contributed by atoms with Gasteiger partial charge in [0.25, 0.3) is 5.91 Å². The Morgan fingerprint density at radius 3 is 2.82 bits per heavy atom. The summed E-state index contributed by atoms with van der Waals surface area (Å²) in [4.78, 5) is 11.7. The van der Waals surface area contributed by atoms with E-state index in [9.17, 15) is 4.79 Å². The summed E-state index contributed by atoms with van der Waals surface area (Å²) in [6.45, 7) is 4.79. The molecule has 0 aliphatic carbocycles. The summed E-state index contributed by atoms with van der Waals surface area (Å²) in [5.41, 5.74) is 0.304. The maximum absolute atomic E-state index is 11.7. The lowest BCUT2D eigenvalue weighted by Gasteiger charge is -2.24. The van der Waals surface area contributed by atoms with Crippen LogP contribution >= 0.6 is 11.6 Å². The summed E-state index contributed by atoms with van der Waals surface area (Å²) >= 11 is 5.71. The van der Waals surface area contributed by atoms with Crippen LogP contribution in [0.3, 0.4) is 0 Å². The fourth-order valence-electron chi connectivity index (χ4n) is 1.52. The molecule has 4 nitrogen and oxygen atoms in total. The molecule has 1 aromatic rings. The Hall–Kier alpha value is -1.00.